The molecule has 136 valence electrons. The van der Waals surface area contributed by atoms with E-state index in [0.29, 0.717) is 34.4 Å². The van der Waals surface area contributed by atoms with Crippen LogP contribution in [0.25, 0.3) is 0 Å². The summed E-state index contributed by atoms with van der Waals surface area (Å²) in [4.78, 5) is 28.6. The summed E-state index contributed by atoms with van der Waals surface area (Å²) in [6, 6.07) is 1.93. The number of hydrogen-bond donors (Lipinski definition) is 2. The zero-order valence-electron chi connectivity index (χ0n) is 14.4. The second-order valence-corrected chi connectivity index (χ2v) is 6.55. The molecule has 1 aliphatic rings. The fraction of sp³-hybridized carbons (Fsp3) is 0.500. The van der Waals surface area contributed by atoms with Gasteiger partial charge in [0.15, 0.2) is 0 Å². The first-order valence-corrected chi connectivity index (χ1v) is 8.92. The van der Waals surface area contributed by atoms with Crippen LogP contribution in [0.15, 0.2) is 31.4 Å². The van der Waals surface area contributed by atoms with Crippen LogP contribution in [-0.4, -0.2) is 35.6 Å². The number of hydrogen-bond acceptors (Lipinski definition) is 8. The quantitative estimate of drug-likeness (QED) is 0.428. The van der Waals surface area contributed by atoms with Gasteiger partial charge in [-0.3, -0.25) is 9.79 Å². The minimum Gasteiger partial charge on any atom is -0.496 e. The number of nitrogens with two attached hydrogens (primary N) is 1. The molecule has 1 aromatic heterocycles. The van der Waals surface area contributed by atoms with E-state index in [1.807, 2.05) is 6.92 Å². The zero-order valence-corrected chi connectivity index (χ0v) is 15.3. The van der Waals surface area contributed by atoms with Crippen LogP contribution in [0.1, 0.15) is 38.5 Å². The normalized spacial score (nSPS) is 18.6. The number of carbonyl (C=O) groups is 1. The van der Waals surface area contributed by atoms with Crippen LogP contribution in [-0.2, 0) is 4.79 Å². The standard InChI is InChI=1S/C16H22N4O4S/c1-4-5-11(13-6-10(23-3)7-14(21)24-13)18-15(22)12-8-25-16(19-12)9(2)20-17/h6-7,11-12H,4-5,8,17H2,1-3H3,(H,18,22)/b20-9+. The molecule has 0 radical (unpaired) electrons. The lowest BCUT2D eigenvalue weighted by Gasteiger charge is -2.18. The molecule has 9 heteroatoms. The third-order valence-corrected chi connectivity index (χ3v) is 4.85. The number of aliphatic imine (C=N–C) groups is 1. The second kappa shape index (κ2) is 8.70. The van der Waals surface area contributed by atoms with E-state index in [1.54, 1.807) is 13.0 Å². The molecule has 0 aromatic carbocycles. The zero-order chi connectivity index (χ0) is 18.4. The van der Waals surface area contributed by atoms with Gasteiger partial charge in [0.05, 0.1) is 24.9 Å². The van der Waals surface area contributed by atoms with Crippen molar-refractivity contribution in [1.82, 2.24) is 5.32 Å². The molecule has 2 heterocycles. The third-order valence-electron chi connectivity index (χ3n) is 3.69. The Hall–Kier alpha value is -2.29. The molecule has 0 fully saturated rings. The van der Waals surface area contributed by atoms with Crippen LogP contribution in [0.3, 0.4) is 0 Å². The number of ether oxygens (including phenoxy) is 1. The van der Waals surface area contributed by atoms with Crippen molar-refractivity contribution in [2.75, 3.05) is 12.9 Å². The number of hydrazone groups is 1. The van der Waals surface area contributed by atoms with Crippen molar-refractivity contribution in [3.63, 3.8) is 0 Å². The van der Waals surface area contributed by atoms with Crippen molar-refractivity contribution in [3.8, 4) is 5.75 Å². The Kier molecular flexibility index (Phi) is 6.63. The van der Waals surface area contributed by atoms with Crippen molar-refractivity contribution in [2.45, 2.75) is 38.8 Å². The molecular formula is C16H22N4O4S. The average Bonchev–Trinajstić information content (AvgIpc) is 3.10. The molecular weight excluding hydrogens is 344 g/mol. The maximum Gasteiger partial charge on any atom is 0.339 e. The highest BCUT2D eigenvalue weighted by Crippen LogP contribution is 2.24. The van der Waals surface area contributed by atoms with Crippen LogP contribution < -0.4 is 21.5 Å². The molecule has 0 saturated heterocycles. The first-order chi connectivity index (χ1) is 12.0. The van der Waals surface area contributed by atoms with Gasteiger partial charge in [0.1, 0.15) is 22.6 Å². The van der Waals surface area contributed by atoms with E-state index in [9.17, 15) is 9.59 Å². The summed E-state index contributed by atoms with van der Waals surface area (Å²) in [5.74, 6) is 6.31. The molecule has 0 aliphatic carbocycles. The number of thioether (sulfide) groups is 1. The van der Waals surface area contributed by atoms with E-state index in [0.717, 1.165) is 6.42 Å². The van der Waals surface area contributed by atoms with Gasteiger partial charge in [0.25, 0.3) is 0 Å². The Labute approximate surface area is 149 Å². The van der Waals surface area contributed by atoms with Crippen LogP contribution in [0.4, 0.5) is 0 Å². The number of nitrogens with one attached hydrogen (secondary N) is 1. The summed E-state index contributed by atoms with van der Waals surface area (Å²) in [6.07, 6.45) is 1.43. The number of amides is 1. The van der Waals surface area contributed by atoms with Crippen molar-refractivity contribution in [2.24, 2.45) is 15.9 Å². The lowest BCUT2D eigenvalue weighted by atomic mass is 10.1. The molecule has 0 spiro atoms. The van der Waals surface area contributed by atoms with Gasteiger partial charge < -0.3 is 20.3 Å². The molecule has 3 N–H and O–H groups in total. The Morgan fingerprint density at radius 2 is 2.36 bits per heavy atom. The van der Waals surface area contributed by atoms with Gasteiger partial charge >= 0.3 is 5.63 Å². The number of rotatable bonds is 7. The topological polar surface area (TPSA) is 119 Å². The predicted octanol–water partition coefficient (Wildman–Crippen LogP) is 1.45. The number of methoxy groups -OCH3 is 1. The smallest absolute Gasteiger partial charge is 0.339 e. The van der Waals surface area contributed by atoms with Gasteiger partial charge in [-0.15, -0.1) is 11.8 Å². The second-order valence-electron chi connectivity index (χ2n) is 5.54. The van der Waals surface area contributed by atoms with E-state index >= 15 is 0 Å². The van der Waals surface area contributed by atoms with Crippen LogP contribution >= 0.6 is 11.8 Å². The van der Waals surface area contributed by atoms with Crippen molar-refractivity contribution < 1.29 is 13.9 Å². The Bertz CT molecular complexity index is 744. The third kappa shape index (κ3) is 4.85. The predicted molar refractivity (Wildman–Crippen MR) is 98.3 cm³/mol. The fourth-order valence-corrected chi connectivity index (χ4v) is 3.37. The molecule has 2 rings (SSSR count). The molecule has 1 aliphatic heterocycles. The summed E-state index contributed by atoms with van der Waals surface area (Å²) < 4.78 is 10.3. The highest BCUT2D eigenvalue weighted by atomic mass is 32.2. The van der Waals surface area contributed by atoms with E-state index < -0.39 is 17.7 Å². The first-order valence-electron chi connectivity index (χ1n) is 7.93. The maximum absolute atomic E-state index is 12.5. The highest BCUT2D eigenvalue weighted by Gasteiger charge is 2.28. The lowest BCUT2D eigenvalue weighted by Crippen LogP contribution is -2.37. The molecule has 25 heavy (non-hydrogen) atoms. The largest absolute Gasteiger partial charge is 0.496 e. The fourth-order valence-electron chi connectivity index (χ4n) is 2.37. The molecule has 2 atom stereocenters. The number of carbonyl (C=O) groups excluding carboxylic acids is 1. The van der Waals surface area contributed by atoms with Gasteiger partial charge in [0.2, 0.25) is 5.91 Å². The van der Waals surface area contributed by atoms with Gasteiger partial charge in [-0.05, 0) is 13.3 Å². The van der Waals surface area contributed by atoms with Gasteiger partial charge in [-0.1, -0.05) is 13.3 Å². The van der Waals surface area contributed by atoms with E-state index in [1.165, 1.54) is 24.9 Å². The number of nitrogens with zero attached hydrogens (tertiary/aromatic N) is 2. The maximum atomic E-state index is 12.5. The molecule has 1 aromatic rings. The van der Waals surface area contributed by atoms with Gasteiger partial charge in [-0.25, -0.2) is 4.79 Å². The SMILES string of the molecule is CCCC(NC(=O)C1CSC(/C(C)=N/N)=N1)c1cc(OC)cc(=O)o1. The van der Waals surface area contributed by atoms with E-state index in [-0.39, 0.29) is 5.91 Å². The first kappa shape index (κ1) is 19.0. The van der Waals surface area contributed by atoms with Gasteiger partial charge in [-0.2, -0.15) is 5.10 Å². The monoisotopic (exact) mass is 366 g/mol. The van der Waals surface area contributed by atoms with Crippen molar-refractivity contribution >= 4 is 28.4 Å². The van der Waals surface area contributed by atoms with E-state index in [2.05, 4.69) is 15.4 Å². The summed E-state index contributed by atoms with van der Waals surface area (Å²) >= 11 is 1.44. The molecule has 8 nitrogen and oxygen atoms in total. The Balaban J connectivity index is 2.17. The summed E-state index contributed by atoms with van der Waals surface area (Å²) in [7, 11) is 1.47. The summed E-state index contributed by atoms with van der Waals surface area (Å²) in [5, 5.41) is 7.18. The minimum absolute atomic E-state index is 0.226. The van der Waals surface area contributed by atoms with E-state index in [4.69, 9.17) is 15.0 Å². The molecule has 2 unspecified atom stereocenters. The Morgan fingerprint density at radius 3 is 3.00 bits per heavy atom. The highest BCUT2D eigenvalue weighted by molar-refractivity contribution is 8.16. The van der Waals surface area contributed by atoms with Gasteiger partial charge in [0, 0.05) is 11.8 Å². The van der Waals surface area contributed by atoms with Crippen LogP contribution in [0.2, 0.25) is 0 Å². The molecule has 0 bridgehead atoms. The molecule has 0 saturated carbocycles. The summed E-state index contributed by atoms with van der Waals surface area (Å²) in [6.45, 7) is 3.73. The van der Waals surface area contributed by atoms with Crippen LogP contribution in [0.5, 0.6) is 5.75 Å². The minimum atomic E-state index is -0.520. The molecule has 1 amide bonds. The lowest BCUT2D eigenvalue weighted by molar-refractivity contribution is -0.122. The van der Waals surface area contributed by atoms with Crippen molar-refractivity contribution in [1.29, 1.82) is 0 Å². The summed E-state index contributed by atoms with van der Waals surface area (Å²) in [5.41, 5.74) is 0.0837. The average molecular weight is 366 g/mol. The van der Waals surface area contributed by atoms with Crippen LogP contribution in [0, 0.1) is 0 Å². The Morgan fingerprint density at radius 1 is 1.60 bits per heavy atom. The van der Waals surface area contributed by atoms with Crippen molar-refractivity contribution in [3.05, 3.63) is 28.3 Å².